The third-order valence-corrected chi connectivity index (χ3v) is 5.42. The van der Waals surface area contributed by atoms with Crippen LogP contribution in [0, 0.1) is 11.6 Å². The number of hydrogen-bond donors (Lipinski definition) is 1. The van der Waals surface area contributed by atoms with E-state index in [4.69, 9.17) is 11.6 Å². The second-order valence-corrected chi connectivity index (χ2v) is 8.07. The van der Waals surface area contributed by atoms with E-state index < -0.39 is 57.7 Å². The van der Waals surface area contributed by atoms with Crippen LogP contribution in [0.4, 0.5) is 35.1 Å². The number of nitrogens with one attached hydrogen (secondary N) is 1. The van der Waals surface area contributed by atoms with Crippen LogP contribution in [0.3, 0.4) is 0 Å². The molecule has 1 atom stereocenters. The van der Waals surface area contributed by atoms with E-state index in [1.807, 2.05) is 0 Å². The standard InChI is InChI=1S/C24H15ClF8N2O/c1-2-7-22(20-6-4-16(25)12-34-20,14-9-15(23(28,29)30)11-17(26)10-14)35-21(36)13-3-5-19(27)18(8-13)24(31,32)33/h2-6,8-12H,1,7H2,(H,35,36)/t22-/m0/s1. The molecule has 1 aromatic heterocycles. The Morgan fingerprint density at radius 1 is 0.944 bits per heavy atom. The van der Waals surface area contributed by atoms with Gasteiger partial charge in [0.05, 0.1) is 21.8 Å². The van der Waals surface area contributed by atoms with Crippen LogP contribution in [0.1, 0.15) is 39.2 Å². The fraction of sp³-hybridized carbons (Fsp3) is 0.167. The number of benzene rings is 2. The van der Waals surface area contributed by atoms with Gasteiger partial charge in [-0.2, -0.15) is 26.3 Å². The summed E-state index contributed by atoms with van der Waals surface area (Å²) >= 11 is 5.85. The first kappa shape index (κ1) is 27.1. The summed E-state index contributed by atoms with van der Waals surface area (Å²) in [6.45, 7) is 3.53. The lowest BCUT2D eigenvalue weighted by Crippen LogP contribution is -2.47. The number of hydrogen-bond acceptors (Lipinski definition) is 2. The fourth-order valence-electron chi connectivity index (χ4n) is 3.55. The number of aromatic nitrogens is 1. The van der Waals surface area contributed by atoms with Crippen LogP contribution in [-0.4, -0.2) is 10.9 Å². The molecule has 0 bridgehead atoms. The maximum absolute atomic E-state index is 14.4. The van der Waals surface area contributed by atoms with Crippen LogP contribution in [0.2, 0.25) is 5.02 Å². The molecule has 1 heterocycles. The van der Waals surface area contributed by atoms with Gasteiger partial charge in [-0.3, -0.25) is 9.78 Å². The maximum Gasteiger partial charge on any atom is 0.419 e. The van der Waals surface area contributed by atoms with Gasteiger partial charge in [-0.25, -0.2) is 8.78 Å². The Kier molecular flexibility index (Phi) is 7.45. The summed E-state index contributed by atoms with van der Waals surface area (Å²) in [5.74, 6) is -4.15. The average Bonchev–Trinajstić information content (AvgIpc) is 2.77. The Labute approximate surface area is 204 Å². The molecular weight excluding hydrogens is 520 g/mol. The lowest BCUT2D eigenvalue weighted by molar-refractivity contribution is -0.140. The van der Waals surface area contributed by atoms with Crippen molar-refractivity contribution in [2.24, 2.45) is 0 Å². The van der Waals surface area contributed by atoms with E-state index in [0.717, 1.165) is 18.3 Å². The van der Waals surface area contributed by atoms with E-state index in [0.29, 0.717) is 12.1 Å². The third kappa shape index (κ3) is 5.67. The molecule has 0 aliphatic carbocycles. The molecule has 1 N–H and O–H groups in total. The molecule has 3 aromatic rings. The zero-order valence-electron chi connectivity index (χ0n) is 17.9. The second kappa shape index (κ2) is 9.88. The molecule has 0 fully saturated rings. The molecule has 36 heavy (non-hydrogen) atoms. The molecule has 2 aromatic carbocycles. The Bertz CT molecular complexity index is 1290. The summed E-state index contributed by atoms with van der Waals surface area (Å²) in [4.78, 5) is 17.1. The molecule has 0 spiro atoms. The Hall–Kier alpha value is -3.47. The van der Waals surface area contributed by atoms with Crippen molar-refractivity contribution in [2.45, 2.75) is 24.3 Å². The zero-order chi connectivity index (χ0) is 26.9. The summed E-state index contributed by atoms with van der Waals surface area (Å²) in [6.07, 6.45) is -8.14. The predicted molar refractivity (Wildman–Crippen MR) is 115 cm³/mol. The van der Waals surface area contributed by atoms with Crippen LogP contribution in [0.25, 0.3) is 0 Å². The molecule has 3 nitrogen and oxygen atoms in total. The topological polar surface area (TPSA) is 42.0 Å². The second-order valence-electron chi connectivity index (χ2n) is 7.63. The number of rotatable bonds is 6. The first-order chi connectivity index (χ1) is 16.7. The summed E-state index contributed by atoms with van der Waals surface area (Å²) < 4.78 is 108. The van der Waals surface area contributed by atoms with E-state index in [9.17, 15) is 39.9 Å². The molecule has 1 amide bonds. The normalized spacial score (nSPS) is 13.7. The molecule has 0 unspecified atom stereocenters. The Balaban J connectivity index is 2.24. The Morgan fingerprint density at radius 2 is 1.61 bits per heavy atom. The van der Waals surface area contributed by atoms with Crippen LogP contribution in [-0.2, 0) is 17.9 Å². The Morgan fingerprint density at radius 3 is 2.17 bits per heavy atom. The highest BCUT2D eigenvalue weighted by Crippen LogP contribution is 2.38. The summed E-state index contributed by atoms with van der Waals surface area (Å²) in [5, 5.41) is 2.49. The number of amides is 1. The first-order valence-electron chi connectivity index (χ1n) is 9.98. The van der Waals surface area contributed by atoms with E-state index in [-0.39, 0.29) is 29.3 Å². The highest BCUT2D eigenvalue weighted by Gasteiger charge is 2.41. The summed E-state index contributed by atoms with van der Waals surface area (Å²) in [6, 6.07) is 5.54. The highest BCUT2D eigenvalue weighted by atomic mass is 35.5. The monoisotopic (exact) mass is 534 g/mol. The number of pyridine rings is 1. The van der Waals surface area contributed by atoms with E-state index in [2.05, 4.69) is 16.9 Å². The lowest BCUT2D eigenvalue weighted by Gasteiger charge is -2.35. The van der Waals surface area contributed by atoms with Gasteiger partial charge in [0.2, 0.25) is 0 Å². The van der Waals surface area contributed by atoms with Gasteiger partial charge in [0.15, 0.2) is 0 Å². The smallest absolute Gasteiger partial charge is 0.337 e. The first-order valence-corrected chi connectivity index (χ1v) is 10.4. The van der Waals surface area contributed by atoms with Crippen LogP contribution in [0.15, 0.2) is 67.4 Å². The van der Waals surface area contributed by atoms with Crippen molar-refractivity contribution < 1.29 is 39.9 Å². The molecular formula is C24H15ClF8N2O. The summed E-state index contributed by atoms with van der Waals surface area (Å²) in [7, 11) is 0. The van der Waals surface area contributed by atoms with Gasteiger partial charge in [0.25, 0.3) is 5.91 Å². The van der Waals surface area contributed by atoms with Crippen molar-refractivity contribution in [2.75, 3.05) is 0 Å². The minimum atomic E-state index is -5.12. The SMILES string of the molecule is C=CC[C@](NC(=O)c1ccc(F)c(C(F)(F)F)c1)(c1cc(F)cc(C(F)(F)F)c1)c1ccc(Cl)cn1. The van der Waals surface area contributed by atoms with Gasteiger partial charge in [-0.1, -0.05) is 17.7 Å². The minimum absolute atomic E-state index is 0.114. The largest absolute Gasteiger partial charge is 0.419 e. The quantitative estimate of drug-likeness (QED) is 0.266. The van der Waals surface area contributed by atoms with Crippen molar-refractivity contribution in [3.05, 3.63) is 112 Å². The predicted octanol–water partition coefficient (Wildman–Crippen LogP) is 7.30. The lowest BCUT2D eigenvalue weighted by atomic mass is 9.81. The van der Waals surface area contributed by atoms with Gasteiger partial charge >= 0.3 is 12.4 Å². The van der Waals surface area contributed by atoms with Crippen LogP contribution in [0.5, 0.6) is 0 Å². The van der Waals surface area contributed by atoms with Crippen LogP contribution >= 0.6 is 11.6 Å². The third-order valence-electron chi connectivity index (χ3n) is 5.19. The van der Waals surface area contributed by atoms with E-state index in [1.165, 1.54) is 18.2 Å². The molecule has 190 valence electrons. The molecule has 0 radical (unpaired) electrons. The summed E-state index contributed by atoms with van der Waals surface area (Å²) in [5.41, 5.74) is -6.32. The number of carbonyl (C=O) groups excluding carboxylic acids is 1. The highest BCUT2D eigenvalue weighted by molar-refractivity contribution is 6.30. The van der Waals surface area contributed by atoms with Crippen molar-refractivity contribution >= 4 is 17.5 Å². The average molecular weight is 535 g/mol. The van der Waals surface area contributed by atoms with E-state index >= 15 is 0 Å². The molecule has 3 rings (SSSR count). The molecule has 0 aliphatic heterocycles. The zero-order valence-corrected chi connectivity index (χ0v) is 18.7. The van der Waals surface area contributed by atoms with Gasteiger partial charge in [-0.05, 0) is 60.5 Å². The van der Waals surface area contributed by atoms with Crippen molar-refractivity contribution in [1.82, 2.24) is 10.3 Å². The van der Waals surface area contributed by atoms with Crippen LogP contribution < -0.4 is 5.32 Å². The number of alkyl halides is 6. The van der Waals surface area contributed by atoms with E-state index in [1.54, 1.807) is 0 Å². The minimum Gasteiger partial charge on any atom is -0.337 e. The fourth-order valence-corrected chi connectivity index (χ4v) is 3.66. The van der Waals surface area contributed by atoms with Crippen molar-refractivity contribution in [3.63, 3.8) is 0 Å². The van der Waals surface area contributed by atoms with Crippen molar-refractivity contribution in [1.29, 1.82) is 0 Å². The molecule has 0 aliphatic rings. The van der Waals surface area contributed by atoms with Gasteiger partial charge < -0.3 is 5.32 Å². The van der Waals surface area contributed by atoms with Gasteiger partial charge in [0.1, 0.15) is 17.2 Å². The maximum atomic E-state index is 14.4. The van der Waals surface area contributed by atoms with Gasteiger partial charge in [0, 0.05) is 11.8 Å². The number of halogens is 9. The molecule has 12 heteroatoms. The number of nitrogens with zero attached hydrogens (tertiary/aromatic N) is 1. The molecule has 0 saturated carbocycles. The van der Waals surface area contributed by atoms with Gasteiger partial charge in [-0.15, -0.1) is 6.58 Å². The molecule has 0 saturated heterocycles. The van der Waals surface area contributed by atoms with Crippen molar-refractivity contribution in [3.8, 4) is 0 Å². The number of carbonyl (C=O) groups is 1.